The van der Waals surface area contributed by atoms with Gasteiger partial charge in [-0.1, -0.05) is 27.2 Å². The summed E-state index contributed by atoms with van der Waals surface area (Å²) in [6.07, 6.45) is 2.01. The van der Waals surface area contributed by atoms with E-state index >= 15 is 0 Å². The van der Waals surface area contributed by atoms with Gasteiger partial charge in [-0.2, -0.15) is 0 Å². The van der Waals surface area contributed by atoms with Gasteiger partial charge < -0.3 is 10.1 Å². The van der Waals surface area contributed by atoms with Crippen molar-refractivity contribution >= 4 is 28.4 Å². The average Bonchev–Trinajstić information content (AvgIpc) is 2.38. The molecule has 1 N–H and O–H groups in total. The van der Waals surface area contributed by atoms with Crippen LogP contribution in [0.4, 0.5) is 5.82 Å². The maximum atomic E-state index is 5.79. The molecule has 0 fully saturated rings. The van der Waals surface area contributed by atoms with Crippen LogP contribution in [0.2, 0.25) is 0 Å². The van der Waals surface area contributed by atoms with Gasteiger partial charge in [-0.25, -0.2) is 9.97 Å². The zero-order valence-corrected chi connectivity index (χ0v) is 14.6. The predicted octanol–water partition coefficient (Wildman–Crippen LogP) is 4.12. The smallest absolute Gasteiger partial charge is 0.159 e. The second-order valence-corrected chi connectivity index (χ2v) is 5.85. The van der Waals surface area contributed by atoms with Crippen molar-refractivity contribution in [1.29, 1.82) is 0 Å². The van der Waals surface area contributed by atoms with Crippen LogP contribution in [0.5, 0.6) is 0 Å². The monoisotopic (exact) mass is 377 g/mol. The van der Waals surface area contributed by atoms with E-state index in [9.17, 15) is 0 Å². The Balaban J connectivity index is 3.21. The summed E-state index contributed by atoms with van der Waals surface area (Å²) in [4.78, 5) is 9.35. The van der Waals surface area contributed by atoms with Gasteiger partial charge in [0.15, 0.2) is 5.82 Å². The van der Waals surface area contributed by atoms with Crippen LogP contribution in [0.15, 0.2) is 0 Å². The van der Waals surface area contributed by atoms with E-state index in [4.69, 9.17) is 9.72 Å². The molecule has 0 radical (unpaired) electrons. The molecule has 0 bridgehead atoms. The van der Waals surface area contributed by atoms with Crippen LogP contribution >= 0.6 is 22.6 Å². The Morgan fingerprint density at radius 3 is 2.42 bits per heavy atom. The van der Waals surface area contributed by atoms with Crippen molar-refractivity contribution in [3.05, 3.63) is 15.1 Å². The Morgan fingerprint density at radius 2 is 1.95 bits per heavy atom. The van der Waals surface area contributed by atoms with Crippen LogP contribution in [0, 0.1) is 3.57 Å². The Bertz CT molecular complexity index is 404. The fourth-order valence-corrected chi connectivity index (χ4v) is 3.06. The van der Waals surface area contributed by atoms with Crippen LogP contribution in [-0.2, 0) is 4.74 Å². The number of hydrogen-bond donors (Lipinski definition) is 1. The zero-order valence-electron chi connectivity index (χ0n) is 12.5. The summed E-state index contributed by atoms with van der Waals surface area (Å²) in [5, 5.41) is 3.16. The highest BCUT2D eigenvalue weighted by Crippen LogP contribution is 2.28. The zero-order chi connectivity index (χ0) is 14.4. The Kier molecular flexibility index (Phi) is 6.99. The summed E-state index contributed by atoms with van der Waals surface area (Å²) in [6, 6.07) is 0. The molecule has 1 unspecified atom stereocenters. The van der Waals surface area contributed by atoms with Gasteiger partial charge in [-0.15, -0.1) is 0 Å². The van der Waals surface area contributed by atoms with Crippen LogP contribution in [0.25, 0.3) is 0 Å². The number of rotatable bonds is 7. The minimum Gasteiger partial charge on any atom is -0.372 e. The van der Waals surface area contributed by atoms with Crippen molar-refractivity contribution in [3.8, 4) is 0 Å². The van der Waals surface area contributed by atoms with E-state index in [0.29, 0.717) is 12.5 Å². The fourth-order valence-electron chi connectivity index (χ4n) is 1.92. The molecule has 0 spiro atoms. The first kappa shape index (κ1) is 16.6. The molecule has 1 aromatic rings. The molecule has 1 heterocycles. The third-order valence-electron chi connectivity index (χ3n) is 2.88. The predicted molar refractivity (Wildman–Crippen MR) is 87.7 cm³/mol. The van der Waals surface area contributed by atoms with Gasteiger partial charge in [0.1, 0.15) is 11.9 Å². The van der Waals surface area contributed by atoms with E-state index in [1.807, 2.05) is 14.0 Å². The van der Waals surface area contributed by atoms with Crippen molar-refractivity contribution in [2.75, 3.05) is 19.0 Å². The van der Waals surface area contributed by atoms with Gasteiger partial charge >= 0.3 is 0 Å². The normalized spacial score (nSPS) is 12.8. The molecule has 0 saturated heterocycles. The molecule has 0 aliphatic carbocycles. The lowest BCUT2D eigenvalue weighted by molar-refractivity contribution is 0.0492. The van der Waals surface area contributed by atoms with E-state index in [1.54, 1.807) is 0 Å². The SMILES string of the molecule is CCCC(OCC)c1nc(NC)c(I)c(C(C)C)n1. The van der Waals surface area contributed by atoms with Crippen LogP contribution in [0.1, 0.15) is 64.1 Å². The quantitative estimate of drug-likeness (QED) is 0.726. The highest BCUT2D eigenvalue weighted by atomic mass is 127. The lowest BCUT2D eigenvalue weighted by Gasteiger charge is -2.19. The topological polar surface area (TPSA) is 47.0 Å². The van der Waals surface area contributed by atoms with Gasteiger partial charge in [0, 0.05) is 13.7 Å². The van der Waals surface area contributed by atoms with Crippen molar-refractivity contribution in [1.82, 2.24) is 9.97 Å². The molecule has 0 saturated carbocycles. The Labute approximate surface area is 129 Å². The van der Waals surface area contributed by atoms with Gasteiger partial charge in [0.2, 0.25) is 0 Å². The summed E-state index contributed by atoms with van der Waals surface area (Å²) in [6.45, 7) is 9.16. The largest absolute Gasteiger partial charge is 0.372 e. The van der Waals surface area contributed by atoms with Gasteiger partial charge in [0.25, 0.3) is 0 Å². The van der Waals surface area contributed by atoms with Crippen molar-refractivity contribution in [2.24, 2.45) is 0 Å². The number of aromatic nitrogens is 2. The van der Waals surface area contributed by atoms with E-state index in [2.05, 4.69) is 53.7 Å². The van der Waals surface area contributed by atoms with E-state index in [1.165, 1.54) is 0 Å². The summed E-state index contributed by atoms with van der Waals surface area (Å²) in [7, 11) is 1.90. The van der Waals surface area contributed by atoms with Crippen molar-refractivity contribution in [2.45, 2.75) is 52.6 Å². The molecule has 1 atom stereocenters. The van der Waals surface area contributed by atoms with Gasteiger partial charge in [-0.05, 0) is 41.9 Å². The Hall–Kier alpha value is -0.430. The molecule has 0 aliphatic heterocycles. The summed E-state index contributed by atoms with van der Waals surface area (Å²) >= 11 is 2.31. The number of anilines is 1. The molecule has 19 heavy (non-hydrogen) atoms. The van der Waals surface area contributed by atoms with Gasteiger partial charge in [0.05, 0.1) is 9.26 Å². The highest BCUT2D eigenvalue weighted by Gasteiger charge is 2.20. The average molecular weight is 377 g/mol. The molecule has 5 heteroatoms. The van der Waals surface area contributed by atoms with E-state index in [0.717, 1.165) is 33.7 Å². The number of halogens is 1. The molecule has 4 nitrogen and oxygen atoms in total. The summed E-state index contributed by atoms with van der Waals surface area (Å²) < 4.78 is 6.89. The second kappa shape index (κ2) is 7.99. The Morgan fingerprint density at radius 1 is 1.26 bits per heavy atom. The minimum atomic E-state index is -0.00315. The molecule has 0 aromatic carbocycles. The van der Waals surface area contributed by atoms with E-state index < -0.39 is 0 Å². The number of nitrogens with one attached hydrogen (secondary N) is 1. The van der Waals surface area contributed by atoms with Crippen molar-refractivity contribution < 1.29 is 4.74 Å². The molecule has 1 rings (SSSR count). The molecular weight excluding hydrogens is 353 g/mol. The van der Waals surface area contributed by atoms with Gasteiger partial charge in [-0.3, -0.25) is 0 Å². The molecule has 108 valence electrons. The molecule has 0 amide bonds. The number of hydrogen-bond acceptors (Lipinski definition) is 4. The molecule has 0 aliphatic rings. The third kappa shape index (κ3) is 4.27. The third-order valence-corrected chi connectivity index (χ3v) is 3.95. The van der Waals surface area contributed by atoms with E-state index in [-0.39, 0.29) is 6.10 Å². The van der Waals surface area contributed by atoms with Crippen LogP contribution in [0.3, 0.4) is 0 Å². The first-order chi connectivity index (χ1) is 9.04. The molecular formula is C14H24IN3O. The fraction of sp³-hybridized carbons (Fsp3) is 0.714. The molecule has 1 aromatic heterocycles. The first-order valence-electron chi connectivity index (χ1n) is 6.91. The maximum Gasteiger partial charge on any atom is 0.159 e. The summed E-state index contributed by atoms with van der Waals surface area (Å²) in [5.74, 6) is 2.08. The van der Waals surface area contributed by atoms with Crippen LogP contribution < -0.4 is 5.32 Å². The maximum absolute atomic E-state index is 5.79. The standard InChI is InChI=1S/C14H24IN3O/c1-6-8-10(19-7-2)13-17-12(9(3)4)11(15)14(16-5)18-13/h9-10H,6-8H2,1-5H3,(H,16,17,18). The summed E-state index contributed by atoms with van der Waals surface area (Å²) in [5.41, 5.74) is 1.09. The highest BCUT2D eigenvalue weighted by molar-refractivity contribution is 14.1. The second-order valence-electron chi connectivity index (χ2n) is 4.77. The lowest BCUT2D eigenvalue weighted by atomic mass is 10.1. The first-order valence-corrected chi connectivity index (χ1v) is 7.99. The number of ether oxygens (including phenoxy) is 1. The van der Waals surface area contributed by atoms with Crippen molar-refractivity contribution in [3.63, 3.8) is 0 Å². The van der Waals surface area contributed by atoms with Crippen LogP contribution in [-0.4, -0.2) is 23.6 Å². The minimum absolute atomic E-state index is 0.00315. The lowest BCUT2D eigenvalue weighted by Crippen LogP contribution is -2.14. The number of nitrogens with zero attached hydrogens (tertiary/aromatic N) is 2.